The summed E-state index contributed by atoms with van der Waals surface area (Å²) >= 11 is 0. The van der Waals surface area contributed by atoms with Crippen LogP contribution in [0.4, 0.5) is 15.8 Å². The second-order valence-corrected chi connectivity index (χ2v) is 9.84. The average Bonchev–Trinajstić information content (AvgIpc) is 3.05. The number of anilines is 2. The van der Waals surface area contributed by atoms with Crippen molar-refractivity contribution in [2.45, 2.75) is 45.6 Å². The number of carbonyl (C=O) groups is 1. The molecule has 0 spiro atoms. The number of carboxylic acids is 1. The van der Waals surface area contributed by atoms with Crippen LogP contribution < -0.4 is 9.62 Å². The molecule has 0 bridgehead atoms. The van der Waals surface area contributed by atoms with Crippen LogP contribution in [0.3, 0.4) is 0 Å². The van der Waals surface area contributed by atoms with Gasteiger partial charge in [0.1, 0.15) is 5.82 Å². The number of hydrogen-bond acceptors (Lipinski definition) is 5. The summed E-state index contributed by atoms with van der Waals surface area (Å²) in [5.41, 5.74) is 4.05. The van der Waals surface area contributed by atoms with E-state index in [1.165, 1.54) is 24.3 Å². The number of benzene rings is 2. The molecular weight excluding hydrogens is 459 g/mol. The maximum Gasteiger partial charge on any atom is 0.335 e. The summed E-state index contributed by atoms with van der Waals surface area (Å²) < 4.78 is 44.3. The lowest BCUT2D eigenvalue weighted by atomic mass is 10.1. The third kappa shape index (κ3) is 5.22. The zero-order chi connectivity index (χ0) is 25.2. The lowest BCUT2D eigenvalue weighted by Gasteiger charge is -2.24. The van der Waals surface area contributed by atoms with E-state index >= 15 is 0 Å². The normalized spacial score (nSPS) is 11.5. The number of aromatic nitrogens is 2. The molecule has 0 amide bonds. The number of nitrogens with one attached hydrogen (secondary N) is 1. The molecule has 2 N–H and O–H groups in total. The third-order valence-electron chi connectivity index (χ3n) is 5.87. The van der Waals surface area contributed by atoms with Crippen molar-refractivity contribution in [3.63, 3.8) is 0 Å². The molecule has 8 nitrogen and oxygen atoms in total. The van der Waals surface area contributed by atoms with E-state index in [0.717, 1.165) is 29.6 Å². The monoisotopic (exact) mass is 488 g/mol. The smallest absolute Gasteiger partial charge is 0.335 e. The molecule has 0 saturated carbocycles. The molecule has 0 aliphatic rings. The summed E-state index contributed by atoms with van der Waals surface area (Å²) in [4.78, 5) is 13.2. The van der Waals surface area contributed by atoms with Crippen molar-refractivity contribution in [2.75, 3.05) is 23.2 Å². The van der Waals surface area contributed by atoms with Crippen LogP contribution in [-0.4, -0.2) is 42.9 Å². The van der Waals surface area contributed by atoms with E-state index in [-0.39, 0.29) is 16.1 Å². The van der Waals surface area contributed by atoms with Crippen LogP contribution in [0, 0.1) is 26.6 Å². The molecule has 1 heterocycles. The van der Waals surface area contributed by atoms with Crippen LogP contribution >= 0.6 is 0 Å². The molecule has 0 saturated heterocycles. The van der Waals surface area contributed by atoms with E-state index in [2.05, 4.69) is 9.82 Å². The van der Waals surface area contributed by atoms with Gasteiger partial charge in [0.15, 0.2) is 0 Å². The van der Waals surface area contributed by atoms with Crippen molar-refractivity contribution in [1.82, 2.24) is 9.78 Å². The molecule has 0 aliphatic carbocycles. The molecule has 0 unspecified atom stereocenters. The number of likely N-dealkylation sites (N-methyl/N-ethyl adjacent to an activating group) is 1. The fourth-order valence-electron chi connectivity index (χ4n) is 3.95. The van der Waals surface area contributed by atoms with Crippen molar-refractivity contribution < 1.29 is 22.7 Å². The lowest BCUT2D eigenvalue weighted by Crippen LogP contribution is -2.24. The SMILES string of the molecule is CCn1nc(C)c(CCN(C)c2ccc(C(=O)O)cc2NS(=O)(=O)c2cc(F)ccc2C)c1C. The summed E-state index contributed by atoms with van der Waals surface area (Å²) in [7, 11) is -2.37. The number of carboxylic acid groups (broad SMARTS) is 1. The summed E-state index contributed by atoms with van der Waals surface area (Å²) in [5, 5.41) is 14.0. The zero-order valence-electron chi connectivity index (χ0n) is 19.9. The quantitative estimate of drug-likeness (QED) is 0.469. The zero-order valence-corrected chi connectivity index (χ0v) is 20.7. The Kier molecular flexibility index (Phi) is 7.30. The van der Waals surface area contributed by atoms with Gasteiger partial charge in [-0.25, -0.2) is 17.6 Å². The van der Waals surface area contributed by atoms with Crippen LogP contribution in [0.15, 0.2) is 41.3 Å². The van der Waals surface area contributed by atoms with Crippen molar-refractivity contribution in [3.8, 4) is 0 Å². The number of rotatable bonds is 9. The predicted molar refractivity (Wildman–Crippen MR) is 130 cm³/mol. The molecule has 0 radical (unpaired) electrons. The third-order valence-corrected chi connectivity index (χ3v) is 7.37. The van der Waals surface area contributed by atoms with Gasteiger partial charge in [-0.3, -0.25) is 9.40 Å². The van der Waals surface area contributed by atoms with Crippen molar-refractivity contribution >= 4 is 27.4 Å². The molecule has 0 fully saturated rings. The van der Waals surface area contributed by atoms with Crippen molar-refractivity contribution in [2.24, 2.45) is 0 Å². The Hall–Kier alpha value is -3.40. The number of aryl methyl sites for hydroxylation is 3. The Balaban J connectivity index is 1.95. The summed E-state index contributed by atoms with van der Waals surface area (Å²) in [6.45, 7) is 8.87. The van der Waals surface area contributed by atoms with Crippen LogP contribution in [0.1, 0.15) is 39.8 Å². The molecule has 0 atom stereocenters. The fourth-order valence-corrected chi connectivity index (χ4v) is 5.27. The highest BCUT2D eigenvalue weighted by Gasteiger charge is 2.22. The Morgan fingerprint density at radius 3 is 2.50 bits per heavy atom. The molecule has 182 valence electrons. The van der Waals surface area contributed by atoms with Gasteiger partial charge >= 0.3 is 5.97 Å². The van der Waals surface area contributed by atoms with Crippen LogP contribution in [0.5, 0.6) is 0 Å². The standard InChI is InChI=1S/C24H29FN4O4S/c1-6-29-17(4)20(16(3)26-29)11-12-28(5)22-10-8-18(24(30)31)13-21(22)27-34(32,33)23-14-19(25)9-7-15(23)2/h7-10,13-14,27H,6,11-12H2,1-5H3,(H,30,31). The number of hydrogen-bond donors (Lipinski definition) is 2. The maximum atomic E-state index is 13.8. The van der Waals surface area contributed by atoms with Gasteiger partial charge in [-0.05, 0) is 75.6 Å². The topological polar surface area (TPSA) is 105 Å². The van der Waals surface area contributed by atoms with E-state index in [9.17, 15) is 22.7 Å². The minimum absolute atomic E-state index is 0.0678. The maximum absolute atomic E-state index is 13.8. The van der Waals surface area contributed by atoms with E-state index in [1.54, 1.807) is 20.0 Å². The van der Waals surface area contributed by atoms with Gasteiger partial charge in [0.05, 0.1) is 27.5 Å². The molecule has 34 heavy (non-hydrogen) atoms. The van der Waals surface area contributed by atoms with Gasteiger partial charge in [-0.15, -0.1) is 0 Å². The number of nitrogens with zero attached hydrogens (tertiary/aromatic N) is 3. The Labute approximate surface area is 199 Å². The Morgan fingerprint density at radius 2 is 1.88 bits per heavy atom. The van der Waals surface area contributed by atoms with Gasteiger partial charge in [-0.1, -0.05) is 6.07 Å². The first-order valence-electron chi connectivity index (χ1n) is 10.8. The van der Waals surface area contributed by atoms with Gasteiger partial charge in [0.25, 0.3) is 10.0 Å². The first-order chi connectivity index (χ1) is 15.9. The average molecular weight is 489 g/mol. The van der Waals surface area contributed by atoms with Crippen molar-refractivity contribution in [1.29, 1.82) is 0 Å². The van der Waals surface area contributed by atoms with Crippen LogP contribution in [0.2, 0.25) is 0 Å². The second-order valence-electron chi connectivity index (χ2n) is 8.19. The minimum Gasteiger partial charge on any atom is -0.478 e. The first-order valence-corrected chi connectivity index (χ1v) is 12.3. The van der Waals surface area contributed by atoms with Gasteiger partial charge < -0.3 is 10.0 Å². The number of halogens is 1. The first kappa shape index (κ1) is 25.2. The van der Waals surface area contributed by atoms with E-state index in [1.807, 2.05) is 30.4 Å². The Bertz CT molecular complexity index is 1330. The van der Waals surface area contributed by atoms with Gasteiger partial charge in [0, 0.05) is 25.8 Å². The lowest BCUT2D eigenvalue weighted by molar-refractivity contribution is 0.0697. The highest BCUT2D eigenvalue weighted by atomic mass is 32.2. The van der Waals surface area contributed by atoms with Crippen LogP contribution in [0.25, 0.3) is 0 Å². The molecule has 3 aromatic rings. The largest absolute Gasteiger partial charge is 0.478 e. The van der Waals surface area contributed by atoms with Gasteiger partial charge in [-0.2, -0.15) is 5.10 Å². The highest BCUT2D eigenvalue weighted by Crippen LogP contribution is 2.30. The van der Waals surface area contributed by atoms with Crippen LogP contribution in [-0.2, 0) is 23.0 Å². The predicted octanol–water partition coefficient (Wildman–Crippen LogP) is 4.15. The number of sulfonamides is 1. The van der Waals surface area contributed by atoms with Gasteiger partial charge in [0.2, 0.25) is 0 Å². The number of aromatic carboxylic acids is 1. The van der Waals surface area contributed by atoms with E-state index in [0.29, 0.717) is 24.2 Å². The Morgan fingerprint density at radius 1 is 1.18 bits per heavy atom. The van der Waals surface area contributed by atoms with Crippen molar-refractivity contribution in [3.05, 3.63) is 70.3 Å². The molecule has 3 rings (SSSR count). The molecule has 0 aliphatic heterocycles. The van der Waals surface area contributed by atoms with E-state index in [4.69, 9.17) is 0 Å². The molecule has 2 aromatic carbocycles. The summed E-state index contributed by atoms with van der Waals surface area (Å²) in [5.74, 6) is -1.87. The molecule has 10 heteroatoms. The molecular formula is C24H29FN4O4S. The summed E-state index contributed by atoms with van der Waals surface area (Å²) in [6.07, 6.45) is 0.671. The fraction of sp³-hybridized carbons (Fsp3) is 0.333. The summed E-state index contributed by atoms with van der Waals surface area (Å²) in [6, 6.07) is 7.76. The highest BCUT2D eigenvalue weighted by molar-refractivity contribution is 7.92. The molecule has 1 aromatic heterocycles. The van der Waals surface area contributed by atoms with E-state index < -0.39 is 21.8 Å². The second kappa shape index (κ2) is 9.84. The minimum atomic E-state index is -4.17.